The highest BCUT2D eigenvalue weighted by Crippen LogP contribution is 2.21. The van der Waals surface area contributed by atoms with Gasteiger partial charge in [0, 0.05) is 17.7 Å². The zero-order valence-electron chi connectivity index (χ0n) is 14.8. The lowest BCUT2D eigenvalue weighted by Crippen LogP contribution is -2.24. The number of nitrogens with two attached hydrogens (primary N) is 1. The van der Waals surface area contributed by atoms with Crippen molar-refractivity contribution in [1.29, 1.82) is 0 Å². The first-order valence-corrected chi connectivity index (χ1v) is 8.04. The standard InChI is InChI=1S/C19H18N2O6/c1-3-26-19(23)16(18(20)27-15-7-5-4-6-12(15)2)17(22)13-8-10-14(11-9-13)21(24)25/h4-11H,3,20H2,1-2H3/b18-16+. The van der Waals surface area contributed by atoms with Crippen LogP contribution in [0.3, 0.4) is 0 Å². The summed E-state index contributed by atoms with van der Waals surface area (Å²) in [4.78, 5) is 35.2. The van der Waals surface area contributed by atoms with Crippen LogP contribution >= 0.6 is 0 Å². The molecule has 2 aromatic rings. The van der Waals surface area contributed by atoms with Crippen LogP contribution in [0, 0.1) is 17.0 Å². The Labute approximate surface area is 155 Å². The molecule has 0 bridgehead atoms. The van der Waals surface area contributed by atoms with Crippen LogP contribution in [-0.4, -0.2) is 23.3 Å². The highest BCUT2D eigenvalue weighted by atomic mass is 16.6. The average Bonchev–Trinajstić information content (AvgIpc) is 2.64. The third-order valence-corrected chi connectivity index (χ3v) is 3.61. The molecule has 0 aromatic heterocycles. The summed E-state index contributed by atoms with van der Waals surface area (Å²) in [5.41, 5.74) is 6.03. The van der Waals surface area contributed by atoms with Crippen molar-refractivity contribution in [3.63, 3.8) is 0 Å². The van der Waals surface area contributed by atoms with Gasteiger partial charge in [0.1, 0.15) is 5.75 Å². The number of para-hydroxylation sites is 1. The monoisotopic (exact) mass is 370 g/mol. The number of rotatable bonds is 7. The lowest BCUT2D eigenvalue weighted by Gasteiger charge is -2.13. The number of nitro groups is 1. The van der Waals surface area contributed by atoms with Crippen molar-refractivity contribution in [1.82, 2.24) is 0 Å². The summed E-state index contributed by atoms with van der Waals surface area (Å²) in [6.45, 7) is 3.41. The number of ketones is 1. The highest BCUT2D eigenvalue weighted by molar-refractivity contribution is 6.24. The van der Waals surface area contributed by atoms with Gasteiger partial charge in [-0.15, -0.1) is 0 Å². The zero-order valence-corrected chi connectivity index (χ0v) is 14.8. The number of aryl methyl sites for hydroxylation is 1. The van der Waals surface area contributed by atoms with Crippen molar-refractivity contribution in [3.05, 3.63) is 81.2 Å². The van der Waals surface area contributed by atoms with Crippen molar-refractivity contribution in [3.8, 4) is 5.75 Å². The van der Waals surface area contributed by atoms with Crippen molar-refractivity contribution in [2.24, 2.45) is 5.73 Å². The van der Waals surface area contributed by atoms with Gasteiger partial charge in [0.05, 0.1) is 11.5 Å². The fourth-order valence-corrected chi connectivity index (χ4v) is 2.23. The minimum absolute atomic E-state index is 0.0352. The minimum Gasteiger partial charge on any atom is -0.462 e. The van der Waals surface area contributed by atoms with E-state index < -0.39 is 28.1 Å². The van der Waals surface area contributed by atoms with Gasteiger partial charge in [-0.3, -0.25) is 14.9 Å². The second kappa shape index (κ2) is 8.61. The number of nitro benzene ring substituents is 1. The molecular formula is C19H18N2O6. The van der Waals surface area contributed by atoms with Crippen LogP contribution in [0.4, 0.5) is 5.69 Å². The summed E-state index contributed by atoms with van der Waals surface area (Å²) >= 11 is 0. The van der Waals surface area contributed by atoms with Crippen LogP contribution in [0.25, 0.3) is 0 Å². The van der Waals surface area contributed by atoms with E-state index in [1.807, 2.05) is 0 Å². The van der Waals surface area contributed by atoms with Crippen LogP contribution in [0.5, 0.6) is 5.75 Å². The third kappa shape index (κ3) is 4.69. The molecule has 8 heteroatoms. The summed E-state index contributed by atoms with van der Waals surface area (Å²) in [6, 6.07) is 11.7. The number of benzene rings is 2. The number of carbonyl (C=O) groups is 2. The van der Waals surface area contributed by atoms with E-state index in [0.717, 1.165) is 17.7 Å². The predicted octanol–water partition coefficient (Wildman–Crippen LogP) is 2.90. The summed E-state index contributed by atoms with van der Waals surface area (Å²) < 4.78 is 10.4. The smallest absolute Gasteiger partial charge is 0.347 e. The van der Waals surface area contributed by atoms with Crippen molar-refractivity contribution in [2.75, 3.05) is 6.61 Å². The summed E-state index contributed by atoms with van der Waals surface area (Å²) in [5.74, 6) is -1.72. The molecule has 0 atom stereocenters. The highest BCUT2D eigenvalue weighted by Gasteiger charge is 2.27. The Balaban J connectivity index is 2.43. The second-order valence-corrected chi connectivity index (χ2v) is 5.46. The number of hydrogen-bond acceptors (Lipinski definition) is 7. The number of non-ortho nitro benzene ring substituents is 1. The molecule has 140 valence electrons. The molecule has 8 nitrogen and oxygen atoms in total. The Morgan fingerprint density at radius 3 is 2.30 bits per heavy atom. The lowest BCUT2D eigenvalue weighted by atomic mass is 10.0. The number of carbonyl (C=O) groups excluding carboxylic acids is 2. The lowest BCUT2D eigenvalue weighted by molar-refractivity contribution is -0.384. The Morgan fingerprint density at radius 2 is 1.74 bits per heavy atom. The van der Waals surface area contributed by atoms with E-state index >= 15 is 0 Å². The van der Waals surface area contributed by atoms with Gasteiger partial charge in [0.15, 0.2) is 5.57 Å². The second-order valence-electron chi connectivity index (χ2n) is 5.46. The fourth-order valence-electron chi connectivity index (χ4n) is 2.23. The van der Waals surface area contributed by atoms with E-state index in [0.29, 0.717) is 5.75 Å². The maximum atomic E-state index is 12.8. The molecule has 0 amide bonds. The number of Topliss-reactive ketones (excluding diaryl/α,β-unsaturated/α-hetero) is 1. The first-order valence-electron chi connectivity index (χ1n) is 8.04. The third-order valence-electron chi connectivity index (χ3n) is 3.61. The molecule has 0 saturated carbocycles. The SMILES string of the molecule is CCOC(=O)/C(C(=O)c1ccc([N+](=O)[O-])cc1)=C(\N)Oc1ccccc1C. The molecule has 0 heterocycles. The van der Waals surface area contributed by atoms with Crippen LogP contribution in [0.2, 0.25) is 0 Å². The number of esters is 1. The van der Waals surface area contributed by atoms with E-state index in [1.54, 1.807) is 38.1 Å². The largest absolute Gasteiger partial charge is 0.462 e. The number of nitrogens with zero attached hydrogens (tertiary/aromatic N) is 1. The molecule has 2 N–H and O–H groups in total. The van der Waals surface area contributed by atoms with E-state index in [4.69, 9.17) is 15.2 Å². The summed E-state index contributed by atoms with van der Waals surface area (Å²) in [6.07, 6.45) is 0. The molecule has 0 aliphatic heterocycles. The van der Waals surface area contributed by atoms with E-state index in [-0.39, 0.29) is 17.9 Å². The van der Waals surface area contributed by atoms with Crippen molar-refractivity contribution < 1.29 is 24.0 Å². The van der Waals surface area contributed by atoms with E-state index in [9.17, 15) is 19.7 Å². The first kappa shape index (κ1) is 19.6. The van der Waals surface area contributed by atoms with Crippen molar-refractivity contribution in [2.45, 2.75) is 13.8 Å². The van der Waals surface area contributed by atoms with Crippen LogP contribution in [0.1, 0.15) is 22.8 Å². The maximum Gasteiger partial charge on any atom is 0.347 e. The molecule has 0 aliphatic rings. The first-order chi connectivity index (χ1) is 12.8. The molecule has 0 saturated heterocycles. The Hall–Kier alpha value is -3.68. The molecule has 0 fully saturated rings. The molecule has 2 rings (SSSR count). The van der Waals surface area contributed by atoms with Gasteiger partial charge in [0.2, 0.25) is 11.7 Å². The van der Waals surface area contributed by atoms with Crippen LogP contribution in [0.15, 0.2) is 60.0 Å². The quantitative estimate of drug-likeness (QED) is 0.116. The normalized spacial score (nSPS) is 11.3. The summed E-state index contributed by atoms with van der Waals surface area (Å²) in [7, 11) is 0. The molecule has 0 aliphatic carbocycles. The van der Waals surface area contributed by atoms with Gasteiger partial charge in [0.25, 0.3) is 5.69 Å². The fraction of sp³-hybridized carbons (Fsp3) is 0.158. The molecule has 0 radical (unpaired) electrons. The zero-order chi connectivity index (χ0) is 20.0. The molecule has 27 heavy (non-hydrogen) atoms. The predicted molar refractivity (Wildman–Crippen MR) is 97.1 cm³/mol. The minimum atomic E-state index is -0.938. The maximum absolute atomic E-state index is 12.8. The Morgan fingerprint density at radius 1 is 1.11 bits per heavy atom. The van der Waals surface area contributed by atoms with E-state index in [1.165, 1.54) is 12.1 Å². The van der Waals surface area contributed by atoms with Gasteiger partial charge < -0.3 is 15.2 Å². The van der Waals surface area contributed by atoms with E-state index in [2.05, 4.69) is 0 Å². The summed E-state index contributed by atoms with van der Waals surface area (Å²) in [5, 5.41) is 10.7. The topological polar surface area (TPSA) is 122 Å². The number of hydrogen-bond donors (Lipinski definition) is 1. The number of ether oxygens (including phenoxy) is 2. The average molecular weight is 370 g/mol. The van der Waals surface area contributed by atoms with Crippen LogP contribution < -0.4 is 10.5 Å². The molecule has 0 unspecified atom stereocenters. The van der Waals surface area contributed by atoms with Gasteiger partial charge >= 0.3 is 5.97 Å². The van der Waals surface area contributed by atoms with Gasteiger partial charge in [-0.2, -0.15) is 0 Å². The molecular weight excluding hydrogens is 352 g/mol. The molecule has 2 aromatic carbocycles. The van der Waals surface area contributed by atoms with Gasteiger partial charge in [-0.05, 0) is 37.6 Å². The van der Waals surface area contributed by atoms with Crippen LogP contribution in [-0.2, 0) is 9.53 Å². The van der Waals surface area contributed by atoms with Gasteiger partial charge in [-0.25, -0.2) is 4.79 Å². The Bertz CT molecular complexity index is 903. The Kier molecular flexibility index (Phi) is 6.27. The molecule has 0 spiro atoms. The van der Waals surface area contributed by atoms with Crippen molar-refractivity contribution >= 4 is 17.4 Å². The van der Waals surface area contributed by atoms with Gasteiger partial charge in [-0.1, -0.05) is 18.2 Å².